The lowest BCUT2D eigenvalue weighted by Crippen LogP contribution is -2.13. The number of nitrogens with zero attached hydrogens (tertiary/aromatic N) is 2. The molecule has 0 fully saturated rings. The van der Waals surface area contributed by atoms with Crippen molar-refractivity contribution in [3.05, 3.63) is 83.5 Å². The highest BCUT2D eigenvalue weighted by atomic mass is 32.1. The molecule has 2 heterocycles. The van der Waals surface area contributed by atoms with Crippen LogP contribution in [0.25, 0.3) is 15.9 Å². The Morgan fingerprint density at radius 2 is 1.90 bits per heavy atom. The van der Waals surface area contributed by atoms with Gasteiger partial charge in [0.05, 0.1) is 15.8 Å². The Morgan fingerprint density at radius 1 is 1.10 bits per heavy atom. The monoisotopic (exact) mass is 401 g/mol. The Hall–Kier alpha value is -3.71. The Bertz CT molecular complexity index is 1220. The number of hydrogen-bond donors (Lipinski definition) is 3. The first-order valence-corrected chi connectivity index (χ1v) is 9.82. The molecule has 144 valence electrons. The molecule has 2 aromatic carbocycles. The van der Waals surface area contributed by atoms with E-state index in [0.717, 1.165) is 22.5 Å². The fourth-order valence-corrected chi connectivity index (χ4v) is 3.84. The van der Waals surface area contributed by atoms with Crippen LogP contribution in [-0.4, -0.2) is 15.9 Å². The number of thiophene rings is 1. The highest BCUT2D eigenvalue weighted by Gasteiger charge is 2.16. The summed E-state index contributed by atoms with van der Waals surface area (Å²) in [6.07, 6.45) is 1.37. The number of amides is 1. The van der Waals surface area contributed by atoms with Gasteiger partial charge in [0, 0.05) is 22.5 Å². The van der Waals surface area contributed by atoms with Crippen molar-refractivity contribution in [2.45, 2.75) is 6.92 Å². The van der Waals surface area contributed by atoms with Crippen LogP contribution in [0.4, 0.5) is 17.2 Å². The summed E-state index contributed by atoms with van der Waals surface area (Å²) in [6, 6.07) is 15.6. The molecule has 1 amide bonds. The summed E-state index contributed by atoms with van der Waals surface area (Å²) in [4.78, 5) is 21.0. The van der Waals surface area contributed by atoms with Crippen molar-refractivity contribution in [2.24, 2.45) is 0 Å². The Balaban J connectivity index is 1.57. The highest BCUT2D eigenvalue weighted by molar-refractivity contribution is 7.18. The Kier molecular flexibility index (Phi) is 4.97. The van der Waals surface area contributed by atoms with E-state index in [4.69, 9.17) is 5.73 Å². The molecule has 4 aromatic rings. The minimum atomic E-state index is -0.239. The van der Waals surface area contributed by atoms with Gasteiger partial charge in [-0.05, 0) is 30.2 Å². The number of fused-ring (bicyclic) bond motifs is 1. The number of rotatable bonds is 5. The standard InChI is InChI=1S/C22H19N5OS/c1-13-8-9-16(26-14(2)15-6-4-3-5-7-15)10-18(13)27-22(28)17-11-29-20-19(17)24-12-25-21(20)23/h3-12,26H,2H2,1H3,(H,27,28)(H2,23,24,25). The molecule has 6 nitrogen and oxygen atoms in total. The molecule has 0 bridgehead atoms. The second-order valence-electron chi connectivity index (χ2n) is 6.54. The third kappa shape index (κ3) is 3.81. The van der Waals surface area contributed by atoms with Crippen molar-refractivity contribution in [3.8, 4) is 0 Å². The van der Waals surface area contributed by atoms with E-state index in [1.807, 2.05) is 55.5 Å². The molecule has 0 saturated heterocycles. The summed E-state index contributed by atoms with van der Waals surface area (Å²) in [5.74, 6) is 0.136. The molecule has 0 aliphatic carbocycles. The van der Waals surface area contributed by atoms with Gasteiger partial charge in [0.25, 0.3) is 5.91 Å². The minimum Gasteiger partial charge on any atom is -0.382 e. The fourth-order valence-electron chi connectivity index (χ4n) is 2.94. The van der Waals surface area contributed by atoms with Crippen molar-refractivity contribution >= 4 is 50.4 Å². The SMILES string of the molecule is C=C(Nc1ccc(C)c(NC(=O)c2csc3c(N)ncnc23)c1)c1ccccc1. The van der Waals surface area contributed by atoms with Crippen molar-refractivity contribution in [1.82, 2.24) is 9.97 Å². The molecule has 0 radical (unpaired) electrons. The molecule has 4 N–H and O–H groups in total. The van der Waals surface area contributed by atoms with Gasteiger partial charge in [0.2, 0.25) is 0 Å². The van der Waals surface area contributed by atoms with Crippen LogP contribution in [0.5, 0.6) is 0 Å². The molecule has 0 unspecified atom stereocenters. The molecule has 0 atom stereocenters. The van der Waals surface area contributed by atoms with Gasteiger partial charge in [-0.3, -0.25) is 4.79 Å². The van der Waals surface area contributed by atoms with E-state index in [1.54, 1.807) is 5.38 Å². The number of carbonyl (C=O) groups is 1. The second kappa shape index (κ2) is 7.73. The maximum absolute atomic E-state index is 12.9. The summed E-state index contributed by atoms with van der Waals surface area (Å²) in [5, 5.41) is 8.01. The minimum absolute atomic E-state index is 0.239. The predicted octanol–water partition coefficient (Wildman–Crippen LogP) is 4.92. The molecule has 2 aromatic heterocycles. The van der Waals surface area contributed by atoms with Gasteiger partial charge >= 0.3 is 0 Å². The zero-order valence-corrected chi connectivity index (χ0v) is 16.6. The van der Waals surface area contributed by atoms with E-state index in [1.165, 1.54) is 17.7 Å². The van der Waals surface area contributed by atoms with Crippen molar-refractivity contribution in [2.75, 3.05) is 16.4 Å². The molecule has 0 saturated carbocycles. The number of hydrogen-bond acceptors (Lipinski definition) is 6. The number of aryl methyl sites for hydroxylation is 1. The smallest absolute Gasteiger partial charge is 0.258 e. The van der Waals surface area contributed by atoms with Crippen LogP contribution < -0.4 is 16.4 Å². The number of nitrogens with two attached hydrogens (primary N) is 1. The van der Waals surface area contributed by atoms with Crippen LogP contribution in [0.1, 0.15) is 21.5 Å². The van der Waals surface area contributed by atoms with Gasteiger partial charge in [-0.15, -0.1) is 11.3 Å². The van der Waals surface area contributed by atoms with E-state index < -0.39 is 0 Å². The lowest BCUT2D eigenvalue weighted by Gasteiger charge is -2.13. The number of nitrogens with one attached hydrogen (secondary N) is 2. The molecule has 4 rings (SSSR count). The molecular weight excluding hydrogens is 382 g/mol. The van der Waals surface area contributed by atoms with E-state index in [2.05, 4.69) is 27.2 Å². The first-order chi connectivity index (χ1) is 14.0. The zero-order valence-electron chi connectivity index (χ0n) is 15.8. The first kappa shape index (κ1) is 18.6. The third-order valence-electron chi connectivity index (χ3n) is 4.53. The number of benzene rings is 2. The lowest BCUT2D eigenvalue weighted by molar-refractivity contribution is 0.102. The van der Waals surface area contributed by atoms with Gasteiger partial charge in [-0.25, -0.2) is 9.97 Å². The summed E-state index contributed by atoms with van der Waals surface area (Å²) in [6.45, 7) is 6.03. The van der Waals surface area contributed by atoms with Crippen LogP contribution in [0.2, 0.25) is 0 Å². The third-order valence-corrected chi connectivity index (χ3v) is 5.52. The van der Waals surface area contributed by atoms with E-state index in [9.17, 15) is 4.79 Å². The maximum atomic E-state index is 12.9. The van der Waals surface area contributed by atoms with Gasteiger partial charge in [-0.1, -0.05) is 43.0 Å². The zero-order chi connectivity index (χ0) is 20.4. The summed E-state index contributed by atoms with van der Waals surface area (Å²) >= 11 is 1.36. The summed E-state index contributed by atoms with van der Waals surface area (Å²) in [5.41, 5.74) is 11.2. The second-order valence-corrected chi connectivity index (χ2v) is 7.42. The molecular formula is C22H19N5OS. The van der Waals surface area contributed by atoms with E-state index >= 15 is 0 Å². The summed E-state index contributed by atoms with van der Waals surface area (Å²) in [7, 11) is 0. The van der Waals surface area contributed by atoms with Gasteiger partial charge < -0.3 is 16.4 Å². The topological polar surface area (TPSA) is 92.9 Å². The summed E-state index contributed by atoms with van der Waals surface area (Å²) < 4.78 is 0.712. The average Bonchev–Trinajstić information content (AvgIpc) is 3.17. The van der Waals surface area contributed by atoms with Gasteiger partial charge in [0.1, 0.15) is 12.1 Å². The maximum Gasteiger partial charge on any atom is 0.258 e. The fraction of sp³-hybridized carbons (Fsp3) is 0.0455. The Morgan fingerprint density at radius 3 is 2.69 bits per heavy atom. The lowest BCUT2D eigenvalue weighted by atomic mass is 10.1. The molecule has 0 aliphatic rings. The van der Waals surface area contributed by atoms with Crippen LogP contribution in [-0.2, 0) is 0 Å². The number of aromatic nitrogens is 2. The van der Waals surface area contributed by atoms with E-state index in [0.29, 0.717) is 27.3 Å². The van der Waals surface area contributed by atoms with Crippen LogP contribution in [0.15, 0.2) is 66.8 Å². The van der Waals surface area contributed by atoms with Crippen molar-refractivity contribution < 1.29 is 4.79 Å². The van der Waals surface area contributed by atoms with Gasteiger partial charge in [0.15, 0.2) is 0 Å². The largest absolute Gasteiger partial charge is 0.382 e. The normalized spacial score (nSPS) is 10.7. The molecule has 29 heavy (non-hydrogen) atoms. The quantitative estimate of drug-likeness (QED) is 0.441. The average molecular weight is 401 g/mol. The van der Waals surface area contributed by atoms with Crippen molar-refractivity contribution in [3.63, 3.8) is 0 Å². The predicted molar refractivity (Wildman–Crippen MR) is 120 cm³/mol. The van der Waals surface area contributed by atoms with Crippen LogP contribution in [0, 0.1) is 6.92 Å². The molecule has 7 heteroatoms. The van der Waals surface area contributed by atoms with E-state index in [-0.39, 0.29) is 5.91 Å². The van der Waals surface area contributed by atoms with Crippen molar-refractivity contribution in [1.29, 1.82) is 0 Å². The number of anilines is 3. The number of nitrogen functional groups attached to an aromatic ring is 1. The van der Waals surface area contributed by atoms with Gasteiger partial charge in [-0.2, -0.15) is 0 Å². The molecule has 0 aliphatic heterocycles. The van der Waals surface area contributed by atoms with Crippen LogP contribution in [0.3, 0.4) is 0 Å². The Labute approximate surface area is 172 Å². The highest BCUT2D eigenvalue weighted by Crippen LogP contribution is 2.29. The van der Waals surface area contributed by atoms with Crippen LogP contribution >= 0.6 is 11.3 Å². The first-order valence-electron chi connectivity index (χ1n) is 8.94. The molecule has 0 spiro atoms. The number of carbonyl (C=O) groups excluding carboxylic acids is 1.